The molecule has 0 amide bonds. The lowest BCUT2D eigenvalue weighted by Crippen LogP contribution is -2.06. The van der Waals surface area contributed by atoms with Crippen molar-refractivity contribution in [3.63, 3.8) is 0 Å². The van der Waals surface area contributed by atoms with E-state index in [1.54, 1.807) is 0 Å². The molecule has 0 aliphatic heterocycles. The van der Waals surface area contributed by atoms with Crippen molar-refractivity contribution in [3.05, 3.63) is 170 Å². The van der Waals surface area contributed by atoms with Crippen LogP contribution in [0.15, 0.2) is 170 Å². The van der Waals surface area contributed by atoms with E-state index in [-0.39, 0.29) is 0 Å². The number of hydrogen-bond donors (Lipinski definition) is 0. The fourth-order valence-electron chi connectivity index (χ4n) is 8.58. The van der Waals surface area contributed by atoms with Crippen LogP contribution in [-0.2, 0) is 0 Å². The van der Waals surface area contributed by atoms with E-state index in [1.165, 1.54) is 64.3 Å². The zero-order valence-electron chi connectivity index (χ0n) is 28.9. The molecule has 8 aromatic carbocycles. The minimum absolute atomic E-state index is 0.595. The molecule has 0 atom stereocenters. The second-order valence-electron chi connectivity index (χ2n) is 14.0. The summed E-state index contributed by atoms with van der Waals surface area (Å²) in [5.74, 6) is 1.88. The van der Waals surface area contributed by atoms with Gasteiger partial charge in [-0.3, -0.25) is 4.57 Å². The van der Waals surface area contributed by atoms with Crippen LogP contribution in [0.2, 0.25) is 0 Å². The van der Waals surface area contributed by atoms with Gasteiger partial charge in [0.2, 0.25) is 5.95 Å². The van der Waals surface area contributed by atoms with E-state index in [2.05, 4.69) is 114 Å². The van der Waals surface area contributed by atoms with Gasteiger partial charge in [0.15, 0.2) is 11.6 Å². The molecule has 0 fully saturated rings. The van der Waals surface area contributed by atoms with Crippen LogP contribution in [-0.4, -0.2) is 19.5 Å². The topological polar surface area (TPSA) is 43.6 Å². The molecule has 0 spiro atoms. The molecule has 0 saturated heterocycles. The van der Waals surface area contributed by atoms with Crippen molar-refractivity contribution in [2.45, 2.75) is 0 Å². The monoisotopic (exact) mass is 704 g/mol. The van der Waals surface area contributed by atoms with Crippen molar-refractivity contribution in [2.75, 3.05) is 0 Å². The van der Waals surface area contributed by atoms with Crippen LogP contribution >= 0.6 is 11.3 Å². The number of aromatic nitrogens is 4. The quantitative estimate of drug-likeness (QED) is 0.183. The SMILES string of the molecule is c1ccc(-c2nc(-c3ccccc3)nc(-n3c4ccccc4c4cc(-c5ccc6sc7cc8c9c(cccc9c7c6c5)-c5ccccc5-8)ccc43)n2)cc1. The van der Waals surface area contributed by atoms with Gasteiger partial charge in [-0.1, -0.05) is 133 Å². The lowest BCUT2D eigenvalue weighted by molar-refractivity contribution is 0.953. The number of nitrogens with zero attached hydrogens (tertiary/aromatic N) is 4. The Labute approximate surface area is 314 Å². The van der Waals surface area contributed by atoms with E-state index in [9.17, 15) is 0 Å². The average Bonchev–Trinajstić information content (AvgIpc) is 3.89. The molecule has 11 aromatic rings. The molecule has 3 aromatic heterocycles. The summed E-state index contributed by atoms with van der Waals surface area (Å²) >= 11 is 1.89. The Hall–Kier alpha value is -6.95. The van der Waals surface area contributed by atoms with Crippen LogP contribution in [0.1, 0.15) is 0 Å². The van der Waals surface area contributed by atoms with Gasteiger partial charge in [0.1, 0.15) is 0 Å². The predicted octanol–water partition coefficient (Wildman–Crippen LogP) is 13.1. The molecule has 0 saturated carbocycles. The maximum Gasteiger partial charge on any atom is 0.238 e. The number of fused-ring (bicyclic) bond motifs is 10. The fourth-order valence-corrected chi connectivity index (χ4v) is 9.73. The number of rotatable bonds is 4. The molecular weight excluding hydrogens is 677 g/mol. The zero-order valence-corrected chi connectivity index (χ0v) is 29.7. The Bertz CT molecular complexity index is 3270. The highest BCUT2D eigenvalue weighted by molar-refractivity contribution is 7.26. The number of thiophene rings is 1. The summed E-state index contributed by atoms with van der Waals surface area (Å²) in [6.45, 7) is 0. The Balaban J connectivity index is 1.05. The zero-order chi connectivity index (χ0) is 35.3. The summed E-state index contributed by atoms with van der Waals surface area (Å²) in [6, 6.07) is 60.7. The third-order valence-corrected chi connectivity index (χ3v) is 12.1. The largest absolute Gasteiger partial charge is 0.278 e. The highest BCUT2D eigenvalue weighted by Gasteiger charge is 2.24. The van der Waals surface area contributed by atoms with E-state index in [0.717, 1.165) is 32.9 Å². The standard InChI is InChI=1S/C49H28N4S/c1-3-12-29(13-4-1)47-50-48(30-14-5-2-6-15-30)52-49(51-47)53-41-21-10-9-18-35(41)38-26-31(22-24-42(38)53)32-23-25-43-40(27-32)46-37-20-11-19-36-33-16-7-8-17-34(33)39(45(36)37)28-44(46)54-43/h1-28H. The maximum atomic E-state index is 5.11. The minimum atomic E-state index is 0.595. The lowest BCUT2D eigenvalue weighted by atomic mass is 9.96. The molecule has 0 radical (unpaired) electrons. The third-order valence-electron chi connectivity index (χ3n) is 11.0. The van der Waals surface area contributed by atoms with Gasteiger partial charge >= 0.3 is 0 Å². The van der Waals surface area contributed by atoms with Gasteiger partial charge in [-0.05, 0) is 80.6 Å². The lowest BCUT2D eigenvalue weighted by Gasteiger charge is -2.11. The molecule has 250 valence electrons. The van der Waals surface area contributed by atoms with Crippen molar-refractivity contribution < 1.29 is 0 Å². The maximum absolute atomic E-state index is 5.11. The Morgan fingerprint density at radius 1 is 0.352 bits per heavy atom. The third kappa shape index (κ3) is 4.27. The molecule has 3 heterocycles. The Morgan fingerprint density at radius 3 is 1.70 bits per heavy atom. The molecule has 0 unspecified atom stereocenters. The smallest absolute Gasteiger partial charge is 0.238 e. The minimum Gasteiger partial charge on any atom is -0.278 e. The fraction of sp³-hybridized carbons (Fsp3) is 0. The molecule has 54 heavy (non-hydrogen) atoms. The molecule has 5 heteroatoms. The van der Waals surface area contributed by atoms with E-state index in [4.69, 9.17) is 15.0 Å². The van der Waals surface area contributed by atoms with Gasteiger partial charge in [0.25, 0.3) is 0 Å². The summed E-state index contributed by atoms with van der Waals surface area (Å²) in [4.78, 5) is 15.2. The number of para-hydroxylation sites is 1. The summed E-state index contributed by atoms with van der Waals surface area (Å²) in [5, 5.41) is 7.67. The summed E-state index contributed by atoms with van der Waals surface area (Å²) in [7, 11) is 0. The van der Waals surface area contributed by atoms with Crippen molar-refractivity contribution in [2.24, 2.45) is 0 Å². The summed E-state index contributed by atoms with van der Waals surface area (Å²) in [6.07, 6.45) is 0. The van der Waals surface area contributed by atoms with Crippen LogP contribution in [0.25, 0.3) is 115 Å². The first-order valence-electron chi connectivity index (χ1n) is 18.2. The molecule has 1 aliphatic rings. The second-order valence-corrected chi connectivity index (χ2v) is 15.1. The van der Waals surface area contributed by atoms with E-state index in [1.807, 2.05) is 72.0 Å². The van der Waals surface area contributed by atoms with Crippen molar-refractivity contribution in [1.82, 2.24) is 19.5 Å². The molecule has 1 aliphatic carbocycles. The second kappa shape index (κ2) is 11.3. The Morgan fingerprint density at radius 2 is 0.944 bits per heavy atom. The van der Waals surface area contributed by atoms with Crippen LogP contribution in [0.5, 0.6) is 0 Å². The van der Waals surface area contributed by atoms with Crippen LogP contribution < -0.4 is 0 Å². The van der Waals surface area contributed by atoms with Crippen molar-refractivity contribution >= 4 is 64.1 Å². The van der Waals surface area contributed by atoms with Crippen molar-refractivity contribution in [1.29, 1.82) is 0 Å². The number of hydrogen-bond acceptors (Lipinski definition) is 4. The van der Waals surface area contributed by atoms with E-state index < -0.39 is 0 Å². The normalized spacial score (nSPS) is 12.1. The van der Waals surface area contributed by atoms with E-state index in [0.29, 0.717) is 17.6 Å². The number of benzene rings is 8. The van der Waals surface area contributed by atoms with Gasteiger partial charge in [0, 0.05) is 42.1 Å². The predicted molar refractivity (Wildman–Crippen MR) is 225 cm³/mol. The molecular formula is C49H28N4S. The van der Waals surface area contributed by atoms with Crippen LogP contribution in [0.3, 0.4) is 0 Å². The molecule has 0 bridgehead atoms. The first-order valence-corrected chi connectivity index (χ1v) is 19.0. The van der Waals surface area contributed by atoms with Crippen LogP contribution in [0, 0.1) is 0 Å². The van der Waals surface area contributed by atoms with Crippen molar-refractivity contribution in [3.8, 4) is 62.1 Å². The molecule has 4 nitrogen and oxygen atoms in total. The van der Waals surface area contributed by atoms with E-state index >= 15 is 0 Å². The average molecular weight is 705 g/mol. The van der Waals surface area contributed by atoms with Gasteiger partial charge in [0.05, 0.1) is 11.0 Å². The van der Waals surface area contributed by atoms with Gasteiger partial charge < -0.3 is 0 Å². The molecule has 0 N–H and O–H groups in total. The van der Waals surface area contributed by atoms with Gasteiger partial charge in [-0.15, -0.1) is 11.3 Å². The highest BCUT2D eigenvalue weighted by Crippen LogP contribution is 2.52. The van der Waals surface area contributed by atoms with Gasteiger partial charge in [-0.25, -0.2) is 4.98 Å². The Kier molecular flexibility index (Phi) is 6.18. The molecule has 12 rings (SSSR count). The first-order chi connectivity index (χ1) is 26.8. The van der Waals surface area contributed by atoms with Gasteiger partial charge in [-0.2, -0.15) is 9.97 Å². The first kappa shape index (κ1) is 29.6. The summed E-state index contributed by atoms with van der Waals surface area (Å²) < 4.78 is 4.83. The summed E-state index contributed by atoms with van der Waals surface area (Å²) in [5.41, 5.74) is 11.7. The highest BCUT2D eigenvalue weighted by atomic mass is 32.1. The van der Waals surface area contributed by atoms with Crippen LogP contribution in [0.4, 0.5) is 0 Å².